The first kappa shape index (κ1) is 21.8. The fraction of sp³-hybridized carbons (Fsp3) is 0.273. The third-order valence-corrected chi connectivity index (χ3v) is 4.17. The second-order valence-corrected chi connectivity index (χ2v) is 6.42. The van der Waals surface area contributed by atoms with Crippen LogP contribution >= 0.6 is 0 Å². The van der Waals surface area contributed by atoms with Crippen LogP contribution in [0.2, 0.25) is 0 Å². The predicted molar refractivity (Wildman–Crippen MR) is 112 cm³/mol. The first-order chi connectivity index (χ1) is 14.0. The van der Waals surface area contributed by atoms with E-state index in [4.69, 9.17) is 0 Å². The number of anilines is 1. The molecule has 1 amide bonds. The number of amides is 1. The predicted octanol–water partition coefficient (Wildman–Crippen LogP) is 3.73. The van der Waals surface area contributed by atoms with E-state index in [1.807, 2.05) is 37.3 Å². The minimum Gasteiger partial charge on any atom is -0.478 e. The molecule has 0 fully saturated rings. The molecule has 0 aliphatic rings. The van der Waals surface area contributed by atoms with Gasteiger partial charge < -0.3 is 10.4 Å². The number of nitrogens with zero attached hydrogens (tertiary/aromatic N) is 1. The number of carboxylic acid groups (broad SMARTS) is 1. The third-order valence-electron chi connectivity index (χ3n) is 4.17. The zero-order valence-corrected chi connectivity index (χ0v) is 16.4. The van der Waals surface area contributed by atoms with E-state index in [2.05, 4.69) is 15.8 Å². The highest BCUT2D eigenvalue weighted by atomic mass is 16.4. The molecule has 0 aromatic heterocycles. The molecule has 0 saturated heterocycles. The van der Waals surface area contributed by atoms with E-state index in [9.17, 15) is 19.5 Å². The number of hydrogen-bond donors (Lipinski definition) is 3. The maximum Gasteiger partial charge on any atom is 0.336 e. The maximum atomic E-state index is 12.3. The van der Waals surface area contributed by atoms with Crippen molar-refractivity contribution in [2.45, 2.75) is 32.6 Å². The SMILES string of the molecule is CCCC(=O)/C(CCCNC(=O)c1ccccc1C(=O)O)=N\Nc1ccccc1. The second-order valence-electron chi connectivity index (χ2n) is 6.42. The molecule has 29 heavy (non-hydrogen) atoms. The standard InChI is InChI=1S/C22H25N3O4/c1-2-9-20(26)19(25-24-16-10-4-3-5-11-16)14-8-15-23-21(27)17-12-6-7-13-18(17)22(28)29/h3-7,10-13,24H,2,8-9,14-15H2,1H3,(H,23,27)(H,28,29)/b25-19-. The summed E-state index contributed by atoms with van der Waals surface area (Å²) in [6, 6.07) is 15.4. The van der Waals surface area contributed by atoms with Gasteiger partial charge in [-0.05, 0) is 43.5 Å². The summed E-state index contributed by atoms with van der Waals surface area (Å²) >= 11 is 0. The Balaban J connectivity index is 1.93. The van der Waals surface area contributed by atoms with Crippen LogP contribution in [0.5, 0.6) is 0 Å². The van der Waals surface area contributed by atoms with Gasteiger partial charge in [-0.1, -0.05) is 37.3 Å². The van der Waals surface area contributed by atoms with Crippen LogP contribution in [0.4, 0.5) is 5.69 Å². The molecule has 0 bridgehead atoms. The number of ketones is 1. The summed E-state index contributed by atoms with van der Waals surface area (Å²) in [5.41, 5.74) is 4.17. The molecule has 0 aliphatic heterocycles. The van der Waals surface area contributed by atoms with Crippen molar-refractivity contribution in [2.24, 2.45) is 5.10 Å². The molecule has 152 valence electrons. The van der Waals surface area contributed by atoms with Crippen LogP contribution in [0.1, 0.15) is 53.3 Å². The smallest absolute Gasteiger partial charge is 0.336 e. The van der Waals surface area contributed by atoms with Gasteiger partial charge in [-0.25, -0.2) is 4.79 Å². The lowest BCUT2D eigenvalue weighted by molar-refractivity contribution is -0.113. The van der Waals surface area contributed by atoms with Gasteiger partial charge in [0.25, 0.3) is 5.91 Å². The van der Waals surface area contributed by atoms with Gasteiger partial charge in [0.15, 0.2) is 5.78 Å². The molecule has 0 aliphatic carbocycles. The van der Waals surface area contributed by atoms with Gasteiger partial charge in [-0.15, -0.1) is 0 Å². The van der Waals surface area contributed by atoms with E-state index in [0.717, 1.165) is 12.1 Å². The monoisotopic (exact) mass is 395 g/mol. The quantitative estimate of drug-likeness (QED) is 0.305. The summed E-state index contributed by atoms with van der Waals surface area (Å²) in [6.45, 7) is 2.23. The molecule has 2 rings (SSSR count). The number of hydrogen-bond acceptors (Lipinski definition) is 5. The summed E-state index contributed by atoms with van der Waals surface area (Å²) in [7, 11) is 0. The normalized spacial score (nSPS) is 11.0. The van der Waals surface area contributed by atoms with Crippen LogP contribution in [-0.2, 0) is 4.79 Å². The second kappa shape index (κ2) is 11.4. The van der Waals surface area contributed by atoms with Crippen molar-refractivity contribution >= 4 is 29.1 Å². The maximum absolute atomic E-state index is 12.3. The van der Waals surface area contributed by atoms with Gasteiger partial charge in [-0.2, -0.15) is 5.10 Å². The van der Waals surface area contributed by atoms with Crippen molar-refractivity contribution in [1.29, 1.82) is 0 Å². The highest BCUT2D eigenvalue weighted by molar-refractivity contribution is 6.39. The average Bonchev–Trinajstić information content (AvgIpc) is 2.73. The van der Waals surface area contributed by atoms with Crippen LogP contribution < -0.4 is 10.7 Å². The summed E-state index contributed by atoms with van der Waals surface area (Å²) in [5.74, 6) is -1.63. The third kappa shape index (κ3) is 6.88. The van der Waals surface area contributed by atoms with E-state index in [0.29, 0.717) is 31.5 Å². The summed E-state index contributed by atoms with van der Waals surface area (Å²) in [6.07, 6.45) is 2.05. The Kier molecular flexibility index (Phi) is 8.56. The number of benzene rings is 2. The number of para-hydroxylation sites is 1. The molecule has 0 atom stereocenters. The molecule has 0 heterocycles. The summed E-state index contributed by atoms with van der Waals surface area (Å²) in [5, 5.41) is 16.1. The van der Waals surface area contributed by atoms with Crippen LogP contribution in [0.15, 0.2) is 59.7 Å². The largest absolute Gasteiger partial charge is 0.478 e. The molecular weight excluding hydrogens is 370 g/mol. The minimum atomic E-state index is -1.15. The molecule has 7 nitrogen and oxygen atoms in total. The van der Waals surface area contributed by atoms with Crippen molar-refractivity contribution in [2.75, 3.05) is 12.0 Å². The lowest BCUT2D eigenvalue weighted by atomic mass is 10.1. The number of carboxylic acids is 1. The van der Waals surface area contributed by atoms with Crippen LogP contribution in [-0.4, -0.2) is 35.0 Å². The van der Waals surface area contributed by atoms with Crippen molar-refractivity contribution in [3.63, 3.8) is 0 Å². The number of carbonyl (C=O) groups excluding carboxylic acids is 2. The van der Waals surface area contributed by atoms with Crippen molar-refractivity contribution < 1.29 is 19.5 Å². The van der Waals surface area contributed by atoms with Crippen molar-refractivity contribution in [3.05, 3.63) is 65.7 Å². The molecular formula is C22H25N3O4. The Bertz CT molecular complexity index is 879. The van der Waals surface area contributed by atoms with Crippen LogP contribution in [0.3, 0.4) is 0 Å². The first-order valence-corrected chi connectivity index (χ1v) is 9.54. The van der Waals surface area contributed by atoms with E-state index in [1.165, 1.54) is 12.1 Å². The minimum absolute atomic E-state index is 0.0292. The highest BCUT2D eigenvalue weighted by Crippen LogP contribution is 2.09. The molecule has 2 aromatic carbocycles. The van der Waals surface area contributed by atoms with Gasteiger partial charge in [0.2, 0.25) is 0 Å². The zero-order chi connectivity index (χ0) is 21.1. The van der Waals surface area contributed by atoms with Crippen LogP contribution in [0.25, 0.3) is 0 Å². The Morgan fingerprint density at radius 3 is 2.24 bits per heavy atom. The number of carbonyl (C=O) groups is 3. The zero-order valence-electron chi connectivity index (χ0n) is 16.4. The van der Waals surface area contributed by atoms with Gasteiger partial charge in [0.05, 0.1) is 16.8 Å². The highest BCUT2D eigenvalue weighted by Gasteiger charge is 2.16. The van der Waals surface area contributed by atoms with E-state index >= 15 is 0 Å². The topological polar surface area (TPSA) is 108 Å². The van der Waals surface area contributed by atoms with Gasteiger partial charge in [-0.3, -0.25) is 15.0 Å². The van der Waals surface area contributed by atoms with E-state index in [1.54, 1.807) is 12.1 Å². The number of rotatable bonds is 11. The molecule has 7 heteroatoms. The van der Waals surface area contributed by atoms with E-state index in [-0.39, 0.29) is 16.9 Å². The Hall–Kier alpha value is -3.48. The van der Waals surface area contributed by atoms with E-state index < -0.39 is 11.9 Å². The number of nitrogens with one attached hydrogen (secondary N) is 2. The van der Waals surface area contributed by atoms with Gasteiger partial charge >= 0.3 is 5.97 Å². The van der Waals surface area contributed by atoms with Crippen LogP contribution in [0, 0.1) is 0 Å². The first-order valence-electron chi connectivity index (χ1n) is 9.54. The lowest BCUT2D eigenvalue weighted by Crippen LogP contribution is -2.27. The van der Waals surface area contributed by atoms with Crippen molar-refractivity contribution in [1.82, 2.24) is 5.32 Å². The Morgan fingerprint density at radius 2 is 1.59 bits per heavy atom. The van der Waals surface area contributed by atoms with Crippen molar-refractivity contribution in [3.8, 4) is 0 Å². The summed E-state index contributed by atoms with van der Waals surface area (Å²) in [4.78, 5) is 35.8. The molecule has 0 spiro atoms. The molecule has 0 unspecified atom stereocenters. The molecule has 3 N–H and O–H groups in total. The number of Topliss-reactive ketones (excluding diaryl/α,β-unsaturated/α-hetero) is 1. The fourth-order valence-electron chi connectivity index (χ4n) is 2.69. The Morgan fingerprint density at radius 1 is 0.931 bits per heavy atom. The lowest BCUT2D eigenvalue weighted by Gasteiger charge is -2.09. The number of hydrazone groups is 1. The molecule has 2 aromatic rings. The molecule has 0 radical (unpaired) electrons. The average molecular weight is 395 g/mol. The van der Waals surface area contributed by atoms with Gasteiger partial charge in [0.1, 0.15) is 5.71 Å². The summed E-state index contributed by atoms with van der Waals surface area (Å²) < 4.78 is 0. The Labute approximate surface area is 169 Å². The fourth-order valence-corrected chi connectivity index (χ4v) is 2.69. The number of aromatic carboxylic acids is 1. The molecule has 0 saturated carbocycles. The van der Waals surface area contributed by atoms with Gasteiger partial charge in [0, 0.05) is 13.0 Å².